The molecular weight excluding hydrogens is 232 g/mol. The van der Waals surface area contributed by atoms with Crippen molar-refractivity contribution in [1.82, 2.24) is 0 Å². The van der Waals surface area contributed by atoms with Gasteiger partial charge in [0.15, 0.2) is 5.41 Å². The molecule has 0 aliphatic heterocycles. The van der Waals surface area contributed by atoms with Crippen LogP contribution in [0.4, 0.5) is 0 Å². The monoisotopic (exact) mass is 244 g/mol. The molecule has 0 saturated heterocycles. The first-order valence-corrected chi connectivity index (χ1v) is 5.25. The maximum absolute atomic E-state index is 9.40. The van der Waals surface area contributed by atoms with Gasteiger partial charge >= 0.3 is 0 Å². The van der Waals surface area contributed by atoms with Crippen LogP contribution in [0.3, 0.4) is 0 Å². The highest BCUT2D eigenvalue weighted by Crippen LogP contribution is 2.61. The van der Waals surface area contributed by atoms with Crippen LogP contribution in [0.1, 0.15) is 13.3 Å². The van der Waals surface area contributed by atoms with Crippen LogP contribution in [0.15, 0.2) is 0 Å². The maximum atomic E-state index is 9.40. The summed E-state index contributed by atoms with van der Waals surface area (Å²) >= 11 is 0. The third-order valence-corrected chi connectivity index (χ3v) is 3.82. The summed E-state index contributed by atoms with van der Waals surface area (Å²) in [5.74, 6) is -2.09. The standard InChI is InChI=1S/C12H12N4O2/c1-9-4-12(17-2,18-3)11(7-15,8-16)10(9,5-13)6-14/h9H,4H2,1-3H3/t9-/m0/s1. The fourth-order valence-corrected chi connectivity index (χ4v) is 2.72. The minimum absolute atomic E-state index is 0.127. The van der Waals surface area contributed by atoms with Crippen molar-refractivity contribution in [3.8, 4) is 24.3 Å². The van der Waals surface area contributed by atoms with E-state index >= 15 is 0 Å². The van der Waals surface area contributed by atoms with Crippen molar-refractivity contribution in [3.05, 3.63) is 0 Å². The zero-order valence-corrected chi connectivity index (χ0v) is 10.4. The van der Waals surface area contributed by atoms with E-state index in [2.05, 4.69) is 0 Å². The normalized spacial score (nSPS) is 26.3. The summed E-state index contributed by atoms with van der Waals surface area (Å²) in [5, 5.41) is 37.4. The zero-order chi connectivity index (χ0) is 14.0. The fourth-order valence-electron chi connectivity index (χ4n) is 2.72. The highest BCUT2D eigenvalue weighted by molar-refractivity contribution is 5.42. The van der Waals surface area contributed by atoms with E-state index < -0.39 is 22.5 Å². The van der Waals surface area contributed by atoms with E-state index in [1.165, 1.54) is 14.2 Å². The van der Waals surface area contributed by atoms with E-state index in [-0.39, 0.29) is 6.42 Å². The average Bonchev–Trinajstić information content (AvgIpc) is 2.64. The lowest BCUT2D eigenvalue weighted by atomic mass is 9.64. The summed E-state index contributed by atoms with van der Waals surface area (Å²) in [7, 11) is 2.59. The number of hydrogen-bond acceptors (Lipinski definition) is 6. The number of nitrogens with zero attached hydrogens (tertiary/aromatic N) is 4. The maximum Gasteiger partial charge on any atom is 0.228 e. The van der Waals surface area contributed by atoms with Gasteiger partial charge in [-0.05, 0) is 5.92 Å². The first-order valence-electron chi connectivity index (χ1n) is 5.25. The van der Waals surface area contributed by atoms with Crippen molar-refractivity contribution in [2.75, 3.05) is 14.2 Å². The van der Waals surface area contributed by atoms with Crippen LogP contribution >= 0.6 is 0 Å². The molecule has 18 heavy (non-hydrogen) atoms. The minimum atomic E-state index is -1.98. The van der Waals surface area contributed by atoms with Crippen LogP contribution in [-0.4, -0.2) is 20.0 Å². The van der Waals surface area contributed by atoms with Gasteiger partial charge in [-0.25, -0.2) is 0 Å². The van der Waals surface area contributed by atoms with Gasteiger partial charge in [-0.2, -0.15) is 21.0 Å². The summed E-state index contributed by atoms with van der Waals surface area (Å²) in [6.07, 6.45) is 0.127. The highest BCUT2D eigenvalue weighted by atomic mass is 16.7. The lowest BCUT2D eigenvalue weighted by Crippen LogP contribution is -2.52. The van der Waals surface area contributed by atoms with E-state index in [1.54, 1.807) is 19.1 Å². The van der Waals surface area contributed by atoms with Gasteiger partial charge in [-0.3, -0.25) is 0 Å². The SMILES string of the molecule is COC1(OC)C[C@H](C)C(C#N)(C#N)C1(C#N)C#N. The van der Waals surface area contributed by atoms with Crippen LogP contribution in [-0.2, 0) is 9.47 Å². The molecule has 0 amide bonds. The Balaban J connectivity index is 3.72. The molecule has 0 aromatic heterocycles. The van der Waals surface area contributed by atoms with Crippen LogP contribution in [0.5, 0.6) is 0 Å². The second-order valence-corrected chi connectivity index (χ2v) is 4.27. The predicted molar refractivity (Wildman–Crippen MR) is 57.8 cm³/mol. The van der Waals surface area contributed by atoms with Crippen molar-refractivity contribution in [3.63, 3.8) is 0 Å². The molecule has 1 saturated carbocycles. The second kappa shape index (κ2) is 4.28. The first-order chi connectivity index (χ1) is 8.49. The van der Waals surface area contributed by atoms with Crippen molar-refractivity contribution >= 4 is 0 Å². The number of hydrogen-bond donors (Lipinski definition) is 0. The van der Waals surface area contributed by atoms with E-state index in [0.29, 0.717) is 0 Å². The first kappa shape index (κ1) is 13.9. The molecule has 1 atom stereocenters. The summed E-state index contributed by atoms with van der Waals surface area (Å²) in [6, 6.07) is 7.23. The van der Waals surface area contributed by atoms with Gasteiger partial charge in [0.1, 0.15) is 0 Å². The predicted octanol–water partition coefficient (Wildman–Crippen LogP) is 1.08. The van der Waals surface area contributed by atoms with Crippen LogP contribution in [0.2, 0.25) is 0 Å². The molecule has 0 aromatic rings. The summed E-state index contributed by atoms with van der Waals surface area (Å²) in [5.41, 5.74) is -3.76. The molecular formula is C12H12N4O2. The molecule has 1 aliphatic rings. The summed E-state index contributed by atoms with van der Waals surface area (Å²) < 4.78 is 10.4. The Morgan fingerprint density at radius 3 is 1.67 bits per heavy atom. The molecule has 0 N–H and O–H groups in total. The molecule has 6 heteroatoms. The van der Waals surface area contributed by atoms with Crippen LogP contribution in [0.25, 0.3) is 0 Å². The van der Waals surface area contributed by atoms with Gasteiger partial charge in [-0.1, -0.05) is 6.92 Å². The highest BCUT2D eigenvalue weighted by Gasteiger charge is 2.76. The van der Waals surface area contributed by atoms with Gasteiger partial charge < -0.3 is 9.47 Å². The molecule has 0 heterocycles. The van der Waals surface area contributed by atoms with Crippen LogP contribution < -0.4 is 0 Å². The Bertz CT molecular complexity index is 482. The van der Waals surface area contributed by atoms with Crippen molar-refractivity contribution in [1.29, 1.82) is 21.0 Å². The molecule has 0 spiro atoms. The Morgan fingerprint density at radius 1 is 0.944 bits per heavy atom. The quantitative estimate of drug-likeness (QED) is 0.671. The van der Waals surface area contributed by atoms with Crippen LogP contribution in [0, 0.1) is 62.1 Å². The van der Waals surface area contributed by atoms with E-state index in [1.807, 2.05) is 12.1 Å². The molecule has 0 aromatic carbocycles. The number of ether oxygens (including phenoxy) is 2. The number of rotatable bonds is 2. The number of nitriles is 4. The Morgan fingerprint density at radius 2 is 1.39 bits per heavy atom. The molecule has 1 aliphatic carbocycles. The third kappa shape index (κ3) is 1.14. The molecule has 0 radical (unpaired) electrons. The minimum Gasteiger partial charge on any atom is -0.351 e. The van der Waals surface area contributed by atoms with Crippen molar-refractivity contribution in [2.24, 2.45) is 16.7 Å². The van der Waals surface area contributed by atoms with Gasteiger partial charge in [0.25, 0.3) is 0 Å². The molecule has 0 bridgehead atoms. The largest absolute Gasteiger partial charge is 0.351 e. The lowest BCUT2D eigenvalue weighted by Gasteiger charge is -2.37. The van der Waals surface area contributed by atoms with Gasteiger partial charge in [0, 0.05) is 20.6 Å². The van der Waals surface area contributed by atoms with Crippen molar-refractivity contribution < 1.29 is 9.47 Å². The number of methoxy groups -OCH3 is 2. The van der Waals surface area contributed by atoms with Crippen molar-refractivity contribution in [2.45, 2.75) is 19.1 Å². The Hall–Kier alpha value is -2.12. The molecule has 1 rings (SSSR count). The van der Waals surface area contributed by atoms with E-state index in [9.17, 15) is 21.0 Å². The fraction of sp³-hybridized carbons (Fsp3) is 0.667. The summed E-state index contributed by atoms with van der Waals surface area (Å²) in [6.45, 7) is 1.63. The average molecular weight is 244 g/mol. The molecule has 6 nitrogen and oxygen atoms in total. The molecule has 1 fully saturated rings. The van der Waals surface area contributed by atoms with E-state index in [4.69, 9.17) is 9.47 Å². The van der Waals surface area contributed by atoms with Gasteiger partial charge in [0.05, 0.1) is 24.3 Å². The second-order valence-electron chi connectivity index (χ2n) is 4.27. The Kier molecular flexibility index (Phi) is 3.32. The topological polar surface area (TPSA) is 114 Å². The third-order valence-electron chi connectivity index (χ3n) is 3.82. The zero-order valence-electron chi connectivity index (χ0n) is 10.4. The smallest absolute Gasteiger partial charge is 0.228 e. The molecule has 0 unspecified atom stereocenters. The lowest BCUT2D eigenvalue weighted by molar-refractivity contribution is -0.240. The van der Waals surface area contributed by atoms with Gasteiger partial charge in [0.2, 0.25) is 11.2 Å². The summed E-state index contributed by atoms with van der Waals surface area (Å²) in [4.78, 5) is 0. The Labute approximate surface area is 106 Å². The van der Waals surface area contributed by atoms with E-state index in [0.717, 1.165) is 0 Å². The van der Waals surface area contributed by atoms with Gasteiger partial charge in [-0.15, -0.1) is 0 Å². The molecule has 92 valence electrons.